The van der Waals surface area contributed by atoms with Crippen LogP contribution < -0.4 is 10.1 Å². The lowest BCUT2D eigenvalue weighted by atomic mass is 9.67. The molecule has 4 nitrogen and oxygen atoms in total. The van der Waals surface area contributed by atoms with Crippen LogP contribution in [0.15, 0.2) is 72.8 Å². The van der Waals surface area contributed by atoms with Gasteiger partial charge in [0, 0.05) is 11.3 Å². The van der Waals surface area contributed by atoms with Crippen LogP contribution in [0.4, 0.5) is 5.69 Å². The highest BCUT2D eigenvalue weighted by molar-refractivity contribution is 5.89. The van der Waals surface area contributed by atoms with E-state index in [0.29, 0.717) is 18.8 Å². The van der Waals surface area contributed by atoms with Gasteiger partial charge in [-0.2, -0.15) is 0 Å². The van der Waals surface area contributed by atoms with Crippen molar-refractivity contribution in [2.75, 3.05) is 11.9 Å². The summed E-state index contributed by atoms with van der Waals surface area (Å²) in [6, 6.07) is 22.3. The normalized spacial score (nSPS) is 15.2. The molecular formula is C34H41NO3. The van der Waals surface area contributed by atoms with Crippen LogP contribution in [-0.2, 0) is 16.8 Å². The second kappa shape index (κ2) is 11.1. The molecule has 0 aliphatic heterocycles. The minimum absolute atomic E-state index is 0.0209. The molecule has 0 spiro atoms. The van der Waals surface area contributed by atoms with Crippen molar-refractivity contribution in [3.8, 4) is 5.75 Å². The van der Waals surface area contributed by atoms with Crippen LogP contribution in [0.25, 0.3) is 5.57 Å². The molecule has 4 rings (SSSR count). The first-order valence-corrected chi connectivity index (χ1v) is 13.6. The first kappa shape index (κ1) is 27.5. The molecule has 1 atom stereocenters. The van der Waals surface area contributed by atoms with Crippen LogP contribution in [0.1, 0.15) is 93.5 Å². The average Bonchev–Trinajstić information content (AvgIpc) is 2.87. The van der Waals surface area contributed by atoms with Gasteiger partial charge in [-0.15, -0.1) is 0 Å². The van der Waals surface area contributed by atoms with Gasteiger partial charge in [-0.1, -0.05) is 71.0 Å². The first-order chi connectivity index (χ1) is 18.0. The van der Waals surface area contributed by atoms with Gasteiger partial charge in [0.15, 0.2) is 0 Å². The molecular weight excluding hydrogens is 470 g/mol. The van der Waals surface area contributed by atoms with Crippen molar-refractivity contribution in [2.45, 2.75) is 73.0 Å². The van der Waals surface area contributed by atoms with E-state index in [1.165, 1.54) is 16.7 Å². The van der Waals surface area contributed by atoms with Gasteiger partial charge in [0.05, 0.1) is 18.2 Å². The van der Waals surface area contributed by atoms with Crippen molar-refractivity contribution >= 4 is 17.2 Å². The summed E-state index contributed by atoms with van der Waals surface area (Å²) in [4.78, 5) is 12.1. The number of carbonyl (C=O) groups is 1. The fourth-order valence-electron chi connectivity index (χ4n) is 5.11. The van der Waals surface area contributed by atoms with Gasteiger partial charge in [0.2, 0.25) is 0 Å². The Kier molecular flexibility index (Phi) is 8.01. The SMILES string of the molecule is CCOC(=O)c1ccc(NC(C)c2cc3c(cc2OCc2ccccc2)C(C)(C)CC=C3C(C)(C)C)cc1. The molecule has 0 aromatic heterocycles. The molecule has 0 saturated heterocycles. The summed E-state index contributed by atoms with van der Waals surface area (Å²) in [5, 5.41) is 3.62. The highest BCUT2D eigenvalue weighted by atomic mass is 16.5. The smallest absolute Gasteiger partial charge is 0.338 e. The number of anilines is 1. The maximum Gasteiger partial charge on any atom is 0.338 e. The van der Waals surface area contributed by atoms with Crippen molar-refractivity contribution in [3.05, 3.63) is 101 Å². The molecule has 3 aromatic rings. The maximum atomic E-state index is 12.1. The quantitative estimate of drug-likeness (QED) is 0.307. The maximum absolute atomic E-state index is 12.1. The summed E-state index contributed by atoms with van der Waals surface area (Å²) < 4.78 is 11.6. The number of fused-ring (bicyclic) bond motifs is 1. The van der Waals surface area contributed by atoms with Crippen LogP contribution in [0.2, 0.25) is 0 Å². The van der Waals surface area contributed by atoms with E-state index in [0.717, 1.165) is 29.0 Å². The Balaban J connectivity index is 1.71. The molecule has 1 unspecified atom stereocenters. The standard InChI is InChI=1S/C34H41NO3/c1-8-37-32(36)25-14-16-26(17-15-25)35-23(2)27-20-28-29(33(3,4)5)18-19-34(6,7)30(28)21-31(27)38-22-24-12-10-9-11-13-24/h9-18,20-21,23,35H,8,19,22H2,1-7H3. The topological polar surface area (TPSA) is 47.6 Å². The number of hydrogen-bond donors (Lipinski definition) is 1. The van der Waals surface area contributed by atoms with E-state index in [1.807, 2.05) is 37.3 Å². The summed E-state index contributed by atoms with van der Waals surface area (Å²) in [6.07, 6.45) is 3.42. The molecule has 0 heterocycles. The molecule has 0 amide bonds. The molecule has 200 valence electrons. The molecule has 1 aliphatic carbocycles. The predicted molar refractivity (Wildman–Crippen MR) is 157 cm³/mol. The van der Waals surface area contributed by atoms with E-state index >= 15 is 0 Å². The summed E-state index contributed by atoms with van der Waals surface area (Å²) in [5.74, 6) is 0.599. The van der Waals surface area contributed by atoms with E-state index in [2.05, 4.69) is 77.2 Å². The average molecular weight is 512 g/mol. The largest absolute Gasteiger partial charge is 0.489 e. The third kappa shape index (κ3) is 6.12. The van der Waals surface area contributed by atoms with Crippen LogP contribution in [0, 0.1) is 5.41 Å². The van der Waals surface area contributed by atoms with Gasteiger partial charge >= 0.3 is 5.97 Å². The number of ether oxygens (including phenoxy) is 2. The molecule has 3 aromatic carbocycles. The van der Waals surface area contributed by atoms with Crippen molar-refractivity contribution in [3.63, 3.8) is 0 Å². The van der Waals surface area contributed by atoms with E-state index < -0.39 is 0 Å². The second-order valence-corrected chi connectivity index (χ2v) is 11.8. The van der Waals surface area contributed by atoms with Gasteiger partial charge in [0.25, 0.3) is 0 Å². The van der Waals surface area contributed by atoms with Gasteiger partial charge in [-0.25, -0.2) is 4.79 Å². The Labute approximate surface area is 228 Å². The highest BCUT2D eigenvalue weighted by Crippen LogP contribution is 2.48. The van der Waals surface area contributed by atoms with Gasteiger partial charge in [-0.05, 0) is 89.8 Å². The summed E-state index contributed by atoms with van der Waals surface area (Å²) >= 11 is 0. The third-order valence-electron chi connectivity index (χ3n) is 7.28. The molecule has 0 saturated carbocycles. The fraction of sp³-hybridized carbons (Fsp3) is 0.382. The van der Waals surface area contributed by atoms with Crippen LogP contribution in [0.5, 0.6) is 5.75 Å². The summed E-state index contributed by atoms with van der Waals surface area (Å²) in [5.41, 5.74) is 7.82. The zero-order valence-corrected chi connectivity index (χ0v) is 23.9. The lowest BCUT2D eigenvalue weighted by molar-refractivity contribution is 0.0526. The number of nitrogens with one attached hydrogen (secondary N) is 1. The van der Waals surface area contributed by atoms with E-state index in [4.69, 9.17) is 9.47 Å². The number of hydrogen-bond acceptors (Lipinski definition) is 4. The highest BCUT2D eigenvalue weighted by Gasteiger charge is 2.34. The number of rotatable bonds is 8. The molecule has 0 radical (unpaired) electrons. The van der Waals surface area contributed by atoms with Crippen LogP contribution in [-0.4, -0.2) is 12.6 Å². The lowest BCUT2D eigenvalue weighted by Gasteiger charge is -2.38. The monoisotopic (exact) mass is 511 g/mol. The van der Waals surface area contributed by atoms with Gasteiger partial charge in [0.1, 0.15) is 12.4 Å². The summed E-state index contributed by atoms with van der Waals surface area (Å²) in [7, 11) is 0. The molecule has 0 bridgehead atoms. The van der Waals surface area contributed by atoms with Gasteiger partial charge < -0.3 is 14.8 Å². The molecule has 4 heteroatoms. The van der Waals surface area contributed by atoms with Crippen LogP contribution >= 0.6 is 0 Å². The minimum atomic E-state index is -0.303. The number of carbonyl (C=O) groups excluding carboxylic acids is 1. The van der Waals surface area contributed by atoms with Crippen LogP contribution in [0.3, 0.4) is 0 Å². The molecule has 1 N–H and O–H groups in total. The Morgan fingerprint density at radius 3 is 2.34 bits per heavy atom. The Morgan fingerprint density at radius 1 is 1.03 bits per heavy atom. The van der Waals surface area contributed by atoms with E-state index in [1.54, 1.807) is 12.1 Å². The van der Waals surface area contributed by atoms with Crippen molar-refractivity contribution in [1.82, 2.24) is 0 Å². The third-order valence-corrected chi connectivity index (χ3v) is 7.28. The fourth-order valence-corrected chi connectivity index (χ4v) is 5.11. The number of allylic oxidation sites excluding steroid dienone is 2. The lowest BCUT2D eigenvalue weighted by Crippen LogP contribution is -2.26. The minimum Gasteiger partial charge on any atom is -0.489 e. The zero-order valence-electron chi connectivity index (χ0n) is 23.9. The Bertz CT molecular complexity index is 1300. The van der Waals surface area contributed by atoms with Crippen molar-refractivity contribution in [2.24, 2.45) is 5.41 Å². The predicted octanol–water partition coefficient (Wildman–Crippen LogP) is 8.73. The van der Waals surface area contributed by atoms with Crippen molar-refractivity contribution in [1.29, 1.82) is 0 Å². The second-order valence-electron chi connectivity index (χ2n) is 11.8. The number of esters is 1. The molecule has 0 fully saturated rings. The van der Waals surface area contributed by atoms with Crippen molar-refractivity contribution < 1.29 is 14.3 Å². The van der Waals surface area contributed by atoms with E-state index in [9.17, 15) is 4.79 Å². The first-order valence-electron chi connectivity index (χ1n) is 13.6. The molecule has 38 heavy (non-hydrogen) atoms. The zero-order chi connectivity index (χ0) is 27.5. The van der Waals surface area contributed by atoms with Gasteiger partial charge in [-0.3, -0.25) is 0 Å². The number of benzene rings is 3. The summed E-state index contributed by atoms with van der Waals surface area (Å²) in [6.45, 7) is 16.3. The Hall–Kier alpha value is -3.53. The van der Waals surface area contributed by atoms with E-state index in [-0.39, 0.29) is 22.8 Å². The Morgan fingerprint density at radius 2 is 1.71 bits per heavy atom. The molecule has 1 aliphatic rings.